The van der Waals surface area contributed by atoms with E-state index in [1.165, 1.54) is 130 Å². The van der Waals surface area contributed by atoms with Gasteiger partial charge in [-0.05, 0) is 106 Å². The zero-order valence-corrected chi connectivity index (χ0v) is 48.4. The van der Waals surface area contributed by atoms with Crippen molar-refractivity contribution in [3.05, 3.63) is 178 Å². The molecule has 3 aliphatic heterocycles. The molecule has 91 heavy (non-hydrogen) atoms. The topological polar surface area (TPSA) is 231 Å². The second-order valence-corrected chi connectivity index (χ2v) is 19.5. The quantitative estimate of drug-likeness (QED) is 0.0293. The van der Waals surface area contributed by atoms with E-state index in [-0.39, 0.29) is 117 Å². The maximum absolute atomic E-state index is 14.2. The predicted octanol–water partition coefficient (Wildman–Crippen LogP) is 9.21. The Hall–Kier alpha value is -9.84. The summed E-state index contributed by atoms with van der Waals surface area (Å²) in [6.07, 6.45) is 0.230. The number of hydrogen-bond donors (Lipinski definition) is 3. The molecule has 6 N–H and O–H groups in total. The van der Waals surface area contributed by atoms with Gasteiger partial charge < -0.3 is 45.6 Å². The van der Waals surface area contributed by atoms with Crippen molar-refractivity contribution in [2.75, 3.05) is 61.0 Å². The maximum atomic E-state index is 14.2. The largest absolute Gasteiger partial charge is 0.490 e. The molecular weight excluding hydrogens is 1230 g/mol. The van der Waals surface area contributed by atoms with Crippen LogP contribution in [0.15, 0.2) is 142 Å². The SMILES string of the molecule is CN1C(=O)C(c2ccc(OC(F)F)cc2)(c2ccc(F)c(OCCCF)c2)N=C1N.CN1C(=O)[C@@](c2ccc(OC(F)F)cc2)(c2ccc(F)c(OCCCF)c2)N=C1N.CN1C(=O)[C@](c2ccc(OC(F)F)cc2)(c2ccc(F)c(OCCCF)c2)N=C1N.[B]. The molecule has 0 saturated heterocycles. The Morgan fingerprint density at radius 1 is 0.396 bits per heavy atom. The van der Waals surface area contributed by atoms with Crippen LogP contribution in [0.25, 0.3) is 0 Å². The highest BCUT2D eigenvalue weighted by Gasteiger charge is 2.52. The first kappa shape index (κ1) is 70.3. The summed E-state index contributed by atoms with van der Waals surface area (Å²) in [7, 11) is 4.29. The third-order valence-corrected chi connectivity index (χ3v) is 13.9. The van der Waals surface area contributed by atoms with Crippen LogP contribution in [0.2, 0.25) is 0 Å². The fourth-order valence-corrected chi connectivity index (χ4v) is 9.41. The smallest absolute Gasteiger partial charge is 0.387 e. The van der Waals surface area contributed by atoms with Gasteiger partial charge in [0.2, 0.25) is 0 Å². The van der Waals surface area contributed by atoms with Crippen LogP contribution in [0.5, 0.6) is 34.5 Å². The number of nitrogens with zero attached hydrogens (tertiary/aromatic N) is 6. The highest BCUT2D eigenvalue weighted by Crippen LogP contribution is 2.45. The minimum absolute atomic E-state index is 0. The van der Waals surface area contributed by atoms with Gasteiger partial charge in [0.15, 0.2) is 69.2 Å². The number of rotatable bonds is 24. The number of carbonyl (C=O) groups excluding carboxylic acids is 3. The number of ether oxygens (including phenoxy) is 6. The molecule has 483 valence electrons. The lowest BCUT2D eigenvalue weighted by Gasteiger charge is -2.26. The molecular formula is C60H57BF12N9O9. The van der Waals surface area contributed by atoms with E-state index in [1.807, 2.05) is 0 Å². The van der Waals surface area contributed by atoms with Gasteiger partial charge in [0.1, 0.15) is 17.2 Å². The summed E-state index contributed by atoms with van der Waals surface area (Å²) in [5.74, 6) is -4.69. The molecule has 3 radical (unpaired) electrons. The number of amides is 3. The Morgan fingerprint density at radius 2 is 0.615 bits per heavy atom. The van der Waals surface area contributed by atoms with Gasteiger partial charge in [-0.2, -0.15) is 26.3 Å². The average molecular weight is 1290 g/mol. The van der Waals surface area contributed by atoms with Gasteiger partial charge in [0.05, 0.1) is 39.8 Å². The summed E-state index contributed by atoms with van der Waals surface area (Å²) in [6.45, 7) is -11.0. The number of carbonyl (C=O) groups is 3. The molecule has 18 nitrogen and oxygen atoms in total. The van der Waals surface area contributed by atoms with E-state index < -0.39 is 91.6 Å². The van der Waals surface area contributed by atoms with E-state index >= 15 is 0 Å². The van der Waals surface area contributed by atoms with E-state index in [0.29, 0.717) is 16.7 Å². The Kier molecular flexibility index (Phi) is 23.6. The number of hydrogen-bond acceptors (Lipinski definition) is 15. The second-order valence-electron chi connectivity index (χ2n) is 19.5. The zero-order valence-electron chi connectivity index (χ0n) is 48.4. The monoisotopic (exact) mass is 1290 g/mol. The van der Waals surface area contributed by atoms with Crippen LogP contribution >= 0.6 is 0 Å². The second kappa shape index (κ2) is 30.6. The van der Waals surface area contributed by atoms with E-state index in [4.69, 9.17) is 31.4 Å². The lowest BCUT2D eigenvalue weighted by Crippen LogP contribution is -2.41. The molecule has 0 bridgehead atoms. The molecule has 1 unspecified atom stereocenters. The van der Waals surface area contributed by atoms with Crippen molar-refractivity contribution in [2.45, 2.75) is 55.7 Å². The van der Waals surface area contributed by atoms with Gasteiger partial charge >= 0.3 is 19.8 Å². The number of aliphatic imine (C=N–C) groups is 3. The number of alkyl halides is 9. The van der Waals surface area contributed by atoms with Gasteiger partial charge in [-0.1, -0.05) is 54.6 Å². The summed E-state index contributed by atoms with van der Waals surface area (Å²) >= 11 is 0. The van der Waals surface area contributed by atoms with Crippen molar-refractivity contribution in [3.8, 4) is 34.5 Å². The normalized spacial score (nSPS) is 18.5. The summed E-state index contributed by atoms with van der Waals surface area (Å²) < 4.78 is 183. The third kappa shape index (κ3) is 15.3. The minimum atomic E-state index is -3.00. The molecule has 3 amide bonds. The van der Waals surface area contributed by atoms with E-state index in [9.17, 15) is 67.1 Å². The number of benzene rings is 6. The highest BCUT2D eigenvalue weighted by atomic mass is 19.3. The lowest BCUT2D eigenvalue weighted by molar-refractivity contribution is -0.130. The molecule has 0 fully saturated rings. The maximum Gasteiger partial charge on any atom is 0.387 e. The first-order valence-electron chi connectivity index (χ1n) is 26.9. The Bertz CT molecular complexity index is 3230. The molecule has 31 heteroatoms. The number of guanidine groups is 3. The first-order valence-corrected chi connectivity index (χ1v) is 26.9. The average Bonchev–Trinajstić information content (AvgIpc) is 1.72. The molecule has 3 atom stereocenters. The van der Waals surface area contributed by atoms with Gasteiger partial charge in [-0.25, -0.2) is 28.1 Å². The van der Waals surface area contributed by atoms with E-state index in [2.05, 4.69) is 29.2 Å². The Morgan fingerprint density at radius 3 is 0.802 bits per heavy atom. The molecule has 0 aliphatic carbocycles. The fraction of sp³-hybridized carbons (Fsp3) is 0.300. The van der Waals surface area contributed by atoms with E-state index in [0.717, 1.165) is 32.9 Å². The molecule has 0 spiro atoms. The Balaban J connectivity index is 0.000000216. The van der Waals surface area contributed by atoms with Crippen molar-refractivity contribution < 1.29 is 95.5 Å². The van der Waals surface area contributed by atoms with Crippen LogP contribution in [0.3, 0.4) is 0 Å². The van der Waals surface area contributed by atoms with Crippen molar-refractivity contribution in [1.82, 2.24) is 14.7 Å². The molecule has 6 aromatic carbocycles. The minimum Gasteiger partial charge on any atom is -0.490 e. The first-order chi connectivity index (χ1) is 42.9. The van der Waals surface area contributed by atoms with Crippen molar-refractivity contribution in [2.24, 2.45) is 32.2 Å². The Labute approximate surface area is 514 Å². The summed E-state index contributed by atoms with van der Waals surface area (Å²) in [6, 6.07) is 27.3. The third-order valence-electron chi connectivity index (χ3n) is 13.9. The van der Waals surface area contributed by atoms with Crippen LogP contribution < -0.4 is 45.6 Å². The summed E-state index contributed by atoms with van der Waals surface area (Å²) in [5.41, 5.74) is 14.2. The number of halogens is 12. The number of likely N-dealkylation sites (N-methyl/N-ethyl adjacent to an activating group) is 3. The van der Waals surface area contributed by atoms with Gasteiger partial charge in [0.25, 0.3) is 17.7 Å². The molecule has 3 aliphatic rings. The molecule has 6 aromatic rings. The van der Waals surface area contributed by atoms with Crippen LogP contribution in [0.4, 0.5) is 52.7 Å². The van der Waals surface area contributed by atoms with Crippen LogP contribution in [-0.2, 0) is 31.0 Å². The number of nitrogens with two attached hydrogens (primary N) is 3. The van der Waals surface area contributed by atoms with Gasteiger partial charge in [0, 0.05) is 48.8 Å². The molecule has 3 heterocycles. The standard InChI is InChI=1S/3C20H19F4N3O3.B/c3*1-27-17(28)20(26-19(27)25,12-3-6-14(7-4-12)30-18(23)24)13-5-8-15(22)16(11-13)29-10-2-9-21;/h3*3-8,11,18H,2,9-10H2,1H3,(H2,25,26);/t2*20-;;/m10../s1. The highest BCUT2D eigenvalue weighted by molar-refractivity contribution is 6.10. The zero-order chi connectivity index (χ0) is 65.7. The fourth-order valence-electron chi connectivity index (χ4n) is 9.41. The van der Waals surface area contributed by atoms with Crippen molar-refractivity contribution in [3.63, 3.8) is 0 Å². The van der Waals surface area contributed by atoms with E-state index in [1.54, 1.807) is 0 Å². The van der Waals surface area contributed by atoms with Crippen molar-refractivity contribution in [1.29, 1.82) is 0 Å². The summed E-state index contributed by atoms with van der Waals surface area (Å²) in [4.78, 5) is 55.8. The molecule has 0 saturated carbocycles. The van der Waals surface area contributed by atoms with Gasteiger partial charge in [-0.3, -0.25) is 42.3 Å². The molecule has 9 rings (SSSR count). The van der Waals surface area contributed by atoms with Crippen LogP contribution in [0.1, 0.15) is 52.6 Å². The van der Waals surface area contributed by atoms with Crippen LogP contribution in [0, 0.1) is 17.5 Å². The molecule has 0 aromatic heterocycles. The predicted molar refractivity (Wildman–Crippen MR) is 308 cm³/mol. The summed E-state index contributed by atoms with van der Waals surface area (Å²) in [5, 5.41) is 0. The lowest BCUT2D eigenvalue weighted by atomic mass is 9.82. The van der Waals surface area contributed by atoms with Crippen molar-refractivity contribution >= 4 is 44.0 Å². The van der Waals surface area contributed by atoms with Gasteiger partial charge in [-0.15, -0.1) is 0 Å². The van der Waals surface area contributed by atoms with Crippen LogP contribution in [-0.4, -0.2) is 140 Å².